The standard InChI is InChI=1S/C19H16F3NO3/c1-10-17(11(2)26-23-10)18-13(9-24)7-14(19(20,21)22)8-16(18)12-3-5-15(25)6-4-12/h3-8,24-25H,9H2,1-2H3. The van der Waals surface area contributed by atoms with Crippen molar-refractivity contribution in [1.29, 1.82) is 0 Å². The fraction of sp³-hybridized carbons (Fsp3) is 0.211. The van der Waals surface area contributed by atoms with Crippen molar-refractivity contribution in [2.24, 2.45) is 0 Å². The molecule has 3 rings (SSSR count). The van der Waals surface area contributed by atoms with E-state index >= 15 is 0 Å². The summed E-state index contributed by atoms with van der Waals surface area (Å²) in [5.74, 6) is 0.444. The Kier molecular flexibility index (Phi) is 4.50. The summed E-state index contributed by atoms with van der Waals surface area (Å²) in [6, 6.07) is 7.80. The first kappa shape index (κ1) is 18.0. The molecule has 0 bridgehead atoms. The van der Waals surface area contributed by atoms with Crippen LogP contribution >= 0.6 is 0 Å². The van der Waals surface area contributed by atoms with Gasteiger partial charge in [-0.15, -0.1) is 0 Å². The summed E-state index contributed by atoms with van der Waals surface area (Å²) in [6.07, 6.45) is -4.56. The zero-order chi connectivity index (χ0) is 19.1. The number of halogens is 3. The van der Waals surface area contributed by atoms with Crippen molar-refractivity contribution < 1.29 is 27.9 Å². The molecule has 0 aliphatic rings. The minimum Gasteiger partial charge on any atom is -0.508 e. The molecule has 0 saturated heterocycles. The fourth-order valence-electron chi connectivity index (χ4n) is 2.99. The maximum absolute atomic E-state index is 13.3. The molecular weight excluding hydrogens is 347 g/mol. The Labute approximate surface area is 147 Å². The molecule has 26 heavy (non-hydrogen) atoms. The molecular formula is C19H16F3NO3. The summed E-state index contributed by atoms with van der Waals surface area (Å²) in [7, 11) is 0. The first-order valence-electron chi connectivity index (χ1n) is 7.80. The van der Waals surface area contributed by atoms with Gasteiger partial charge >= 0.3 is 6.18 Å². The molecule has 3 aromatic rings. The van der Waals surface area contributed by atoms with Crippen molar-refractivity contribution in [2.75, 3.05) is 0 Å². The van der Waals surface area contributed by atoms with E-state index in [4.69, 9.17) is 4.52 Å². The second-order valence-electron chi connectivity index (χ2n) is 5.96. The lowest BCUT2D eigenvalue weighted by atomic mass is 9.88. The number of aryl methyl sites for hydroxylation is 2. The molecule has 0 aliphatic heterocycles. The molecule has 0 aliphatic carbocycles. The van der Waals surface area contributed by atoms with Gasteiger partial charge in [-0.05, 0) is 54.8 Å². The van der Waals surface area contributed by atoms with Crippen LogP contribution in [0.5, 0.6) is 5.75 Å². The third-order valence-corrected chi connectivity index (χ3v) is 4.18. The Morgan fingerprint density at radius 2 is 1.69 bits per heavy atom. The van der Waals surface area contributed by atoms with Crippen molar-refractivity contribution in [3.05, 3.63) is 59.0 Å². The Balaban J connectivity index is 2.39. The molecule has 1 aromatic heterocycles. The second-order valence-corrected chi connectivity index (χ2v) is 5.96. The zero-order valence-electron chi connectivity index (χ0n) is 14.1. The topological polar surface area (TPSA) is 66.5 Å². The van der Waals surface area contributed by atoms with E-state index in [2.05, 4.69) is 5.16 Å². The lowest BCUT2D eigenvalue weighted by Gasteiger charge is -2.18. The maximum atomic E-state index is 13.3. The highest BCUT2D eigenvalue weighted by molar-refractivity contribution is 5.88. The van der Waals surface area contributed by atoms with E-state index in [1.165, 1.54) is 24.3 Å². The Morgan fingerprint density at radius 3 is 2.19 bits per heavy atom. The Bertz CT molecular complexity index is 924. The molecule has 2 aromatic carbocycles. The normalized spacial score (nSPS) is 11.8. The van der Waals surface area contributed by atoms with E-state index in [9.17, 15) is 23.4 Å². The highest BCUT2D eigenvalue weighted by Crippen LogP contribution is 2.42. The van der Waals surface area contributed by atoms with E-state index in [1.54, 1.807) is 13.8 Å². The molecule has 136 valence electrons. The zero-order valence-corrected chi connectivity index (χ0v) is 14.1. The summed E-state index contributed by atoms with van der Waals surface area (Å²) in [5.41, 5.74) is 1.50. The quantitative estimate of drug-likeness (QED) is 0.699. The number of aliphatic hydroxyl groups excluding tert-OH is 1. The van der Waals surface area contributed by atoms with Gasteiger partial charge in [0.05, 0.1) is 17.9 Å². The monoisotopic (exact) mass is 363 g/mol. The van der Waals surface area contributed by atoms with Crippen molar-refractivity contribution >= 4 is 0 Å². The van der Waals surface area contributed by atoms with Crippen molar-refractivity contribution in [3.63, 3.8) is 0 Å². The number of aromatic hydroxyl groups is 1. The van der Waals surface area contributed by atoms with Gasteiger partial charge in [0, 0.05) is 11.1 Å². The number of phenolic OH excluding ortho intramolecular Hbond substituents is 1. The molecule has 0 spiro atoms. The largest absolute Gasteiger partial charge is 0.508 e. The van der Waals surface area contributed by atoms with Crippen molar-refractivity contribution in [2.45, 2.75) is 26.6 Å². The van der Waals surface area contributed by atoms with Gasteiger partial charge < -0.3 is 14.7 Å². The molecule has 0 radical (unpaired) electrons. The van der Waals surface area contributed by atoms with E-state index in [1.807, 2.05) is 0 Å². The number of hydrogen-bond acceptors (Lipinski definition) is 4. The molecule has 2 N–H and O–H groups in total. The fourth-order valence-corrected chi connectivity index (χ4v) is 2.99. The molecule has 7 heteroatoms. The number of nitrogens with zero attached hydrogens (tertiary/aromatic N) is 1. The average molecular weight is 363 g/mol. The highest BCUT2D eigenvalue weighted by atomic mass is 19.4. The minimum absolute atomic E-state index is 0.00185. The molecule has 4 nitrogen and oxygen atoms in total. The van der Waals surface area contributed by atoms with E-state index in [-0.39, 0.29) is 16.9 Å². The van der Waals surface area contributed by atoms with Crippen LogP contribution in [0.2, 0.25) is 0 Å². The number of hydrogen-bond donors (Lipinski definition) is 2. The van der Waals surface area contributed by atoms with Crippen LogP contribution in [0.3, 0.4) is 0 Å². The third kappa shape index (κ3) is 3.17. The summed E-state index contributed by atoms with van der Waals surface area (Å²) >= 11 is 0. The lowest BCUT2D eigenvalue weighted by molar-refractivity contribution is -0.137. The van der Waals surface area contributed by atoms with E-state index < -0.39 is 18.3 Å². The molecule has 0 fully saturated rings. The van der Waals surface area contributed by atoms with Gasteiger partial charge in [0.2, 0.25) is 0 Å². The smallest absolute Gasteiger partial charge is 0.416 e. The number of phenols is 1. The van der Waals surface area contributed by atoms with Gasteiger partial charge in [-0.3, -0.25) is 0 Å². The van der Waals surface area contributed by atoms with Crippen LogP contribution in [0, 0.1) is 13.8 Å². The van der Waals surface area contributed by atoms with E-state index in [0.717, 1.165) is 12.1 Å². The number of alkyl halides is 3. The average Bonchev–Trinajstić information content (AvgIpc) is 2.92. The highest BCUT2D eigenvalue weighted by Gasteiger charge is 2.33. The second kappa shape index (κ2) is 6.49. The predicted octanol–water partition coefficient (Wildman–Crippen LogP) is 4.84. The van der Waals surface area contributed by atoms with Crippen LogP contribution in [0.1, 0.15) is 22.6 Å². The van der Waals surface area contributed by atoms with Crippen LogP contribution in [0.4, 0.5) is 13.2 Å². The molecule has 0 amide bonds. The first-order valence-corrected chi connectivity index (χ1v) is 7.80. The maximum Gasteiger partial charge on any atom is 0.416 e. The summed E-state index contributed by atoms with van der Waals surface area (Å²) in [4.78, 5) is 0. The van der Waals surface area contributed by atoms with Crippen LogP contribution in [0.25, 0.3) is 22.3 Å². The number of aromatic nitrogens is 1. The Morgan fingerprint density at radius 1 is 1.04 bits per heavy atom. The first-order chi connectivity index (χ1) is 12.2. The SMILES string of the molecule is Cc1noc(C)c1-c1c(CO)cc(C(F)(F)F)cc1-c1ccc(O)cc1. The summed E-state index contributed by atoms with van der Waals surface area (Å²) in [6.45, 7) is 2.77. The number of rotatable bonds is 3. The van der Waals surface area contributed by atoms with Crippen LogP contribution in [-0.4, -0.2) is 15.4 Å². The van der Waals surface area contributed by atoms with Gasteiger partial charge in [-0.1, -0.05) is 17.3 Å². The predicted molar refractivity (Wildman–Crippen MR) is 89.4 cm³/mol. The van der Waals surface area contributed by atoms with Crippen molar-refractivity contribution in [3.8, 4) is 28.0 Å². The molecule has 0 saturated carbocycles. The summed E-state index contributed by atoms with van der Waals surface area (Å²) in [5, 5.41) is 23.1. The van der Waals surface area contributed by atoms with E-state index in [0.29, 0.717) is 28.1 Å². The number of benzene rings is 2. The lowest BCUT2D eigenvalue weighted by Crippen LogP contribution is -2.08. The Hall–Kier alpha value is -2.80. The van der Waals surface area contributed by atoms with Gasteiger partial charge in [0.1, 0.15) is 11.5 Å². The molecule has 1 heterocycles. The van der Waals surface area contributed by atoms with Gasteiger partial charge in [0.15, 0.2) is 0 Å². The van der Waals surface area contributed by atoms with Gasteiger partial charge in [0.25, 0.3) is 0 Å². The minimum atomic E-state index is -4.56. The van der Waals surface area contributed by atoms with Gasteiger partial charge in [-0.25, -0.2) is 0 Å². The van der Waals surface area contributed by atoms with Crippen LogP contribution < -0.4 is 0 Å². The van der Waals surface area contributed by atoms with Crippen molar-refractivity contribution in [1.82, 2.24) is 5.16 Å². The van der Waals surface area contributed by atoms with Gasteiger partial charge in [-0.2, -0.15) is 13.2 Å². The molecule has 0 atom stereocenters. The van der Waals surface area contributed by atoms with Crippen LogP contribution in [0.15, 0.2) is 40.9 Å². The molecule has 0 unspecified atom stereocenters. The number of aliphatic hydroxyl groups is 1. The van der Waals surface area contributed by atoms with Crippen LogP contribution in [-0.2, 0) is 12.8 Å². The third-order valence-electron chi connectivity index (χ3n) is 4.18. The summed E-state index contributed by atoms with van der Waals surface area (Å²) < 4.78 is 45.2.